The first-order chi connectivity index (χ1) is 11.9. The van der Waals surface area contributed by atoms with Gasteiger partial charge in [-0.15, -0.1) is 0 Å². The second-order valence-electron chi connectivity index (χ2n) is 6.38. The van der Waals surface area contributed by atoms with Crippen LogP contribution in [-0.4, -0.2) is 49.6 Å². The van der Waals surface area contributed by atoms with Crippen molar-refractivity contribution in [1.29, 1.82) is 0 Å². The third kappa shape index (κ3) is 3.51. The first kappa shape index (κ1) is 17.4. The molecule has 0 amide bonds. The van der Waals surface area contributed by atoms with Crippen LogP contribution in [0.1, 0.15) is 17.5 Å². The first-order valence-corrected chi connectivity index (χ1v) is 8.08. The van der Waals surface area contributed by atoms with E-state index < -0.39 is 24.1 Å². The zero-order chi connectivity index (χ0) is 18.1. The summed E-state index contributed by atoms with van der Waals surface area (Å²) in [6.07, 6.45) is -4.33. The van der Waals surface area contributed by atoms with Crippen LogP contribution in [0.3, 0.4) is 0 Å². The lowest BCUT2D eigenvalue weighted by atomic mass is 9.95. The van der Waals surface area contributed by atoms with Crippen LogP contribution in [0.25, 0.3) is 11.1 Å². The Hall–Kier alpha value is -2.41. The predicted molar refractivity (Wildman–Crippen MR) is 90.3 cm³/mol. The molecule has 4 bridgehead atoms. The Morgan fingerprint density at radius 1 is 0.800 bits per heavy atom. The number of phenols is 2. The minimum absolute atomic E-state index is 0.0146. The van der Waals surface area contributed by atoms with Gasteiger partial charge in [0.15, 0.2) is 5.78 Å². The Balaban J connectivity index is 2.12. The standard InChI is InChI=1S/C19H20O6/c20-14-4-1-10-2-6-16(22)18(24)19(25)17(23)9-11-3-5-15(21)13(8-11)12(14)7-10/h1,3-5,7-8,17-21,23-25H,2,6,9H2/t17-,18-,19+/m0/s1. The molecule has 0 spiro atoms. The second-order valence-corrected chi connectivity index (χ2v) is 6.38. The number of rotatable bonds is 0. The largest absolute Gasteiger partial charge is 0.507 e. The number of phenolic OH excluding ortho intramolecular Hbond substituents is 2. The van der Waals surface area contributed by atoms with Crippen LogP contribution in [0.15, 0.2) is 36.4 Å². The van der Waals surface area contributed by atoms with Gasteiger partial charge in [-0.3, -0.25) is 4.79 Å². The number of aryl methyl sites for hydroxylation is 1. The van der Waals surface area contributed by atoms with Crippen molar-refractivity contribution < 1.29 is 30.3 Å². The van der Waals surface area contributed by atoms with Crippen LogP contribution >= 0.6 is 0 Å². The summed E-state index contributed by atoms with van der Waals surface area (Å²) < 4.78 is 0. The van der Waals surface area contributed by atoms with Gasteiger partial charge in [-0.1, -0.05) is 12.1 Å². The number of hydrogen-bond acceptors (Lipinski definition) is 6. The van der Waals surface area contributed by atoms with Gasteiger partial charge in [0.05, 0.1) is 6.10 Å². The average Bonchev–Trinajstić information content (AvgIpc) is 2.60. The Labute approximate surface area is 144 Å². The third-order valence-corrected chi connectivity index (χ3v) is 4.56. The molecule has 3 rings (SSSR count). The summed E-state index contributed by atoms with van der Waals surface area (Å²) in [5.41, 5.74) is 2.14. The molecule has 0 aromatic heterocycles. The Morgan fingerprint density at radius 3 is 2.00 bits per heavy atom. The van der Waals surface area contributed by atoms with Gasteiger partial charge in [0.1, 0.15) is 23.7 Å². The molecule has 0 fully saturated rings. The minimum Gasteiger partial charge on any atom is -0.507 e. The number of Topliss-reactive ketones (excluding diaryl/α,β-unsaturated/α-hetero) is 1. The fraction of sp³-hybridized carbons (Fsp3) is 0.316. The monoisotopic (exact) mass is 344 g/mol. The summed E-state index contributed by atoms with van der Waals surface area (Å²) in [6, 6.07) is 9.45. The highest BCUT2D eigenvalue weighted by Gasteiger charge is 2.30. The van der Waals surface area contributed by atoms with Crippen molar-refractivity contribution in [1.82, 2.24) is 0 Å². The molecule has 0 aliphatic heterocycles. The van der Waals surface area contributed by atoms with Gasteiger partial charge >= 0.3 is 0 Å². The third-order valence-electron chi connectivity index (χ3n) is 4.56. The summed E-state index contributed by atoms with van der Waals surface area (Å²) >= 11 is 0. The molecule has 132 valence electrons. The van der Waals surface area contributed by atoms with Crippen LogP contribution in [0, 0.1) is 0 Å². The van der Waals surface area contributed by atoms with Gasteiger partial charge in [0.25, 0.3) is 0 Å². The van der Waals surface area contributed by atoms with Crippen molar-refractivity contribution in [2.24, 2.45) is 0 Å². The Bertz CT molecular complexity index is 800. The number of aromatic hydroxyl groups is 2. The number of ketones is 1. The summed E-state index contributed by atoms with van der Waals surface area (Å²) in [5.74, 6) is -0.606. The van der Waals surface area contributed by atoms with Gasteiger partial charge in [-0.2, -0.15) is 0 Å². The van der Waals surface area contributed by atoms with E-state index >= 15 is 0 Å². The SMILES string of the molecule is O=C1CCc2ccc(O)c(c2)-c2cc(ccc2O)C[C@H](O)[C@@H](O)[C@H]1O. The molecule has 0 unspecified atom stereocenters. The molecule has 6 nitrogen and oxygen atoms in total. The molecule has 0 radical (unpaired) electrons. The summed E-state index contributed by atoms with van der Waals surface area (Å²) in [7, 11) is 0. The van der Waals surface area contributed by atoms with E-state index in [1.807, 2.05) is 0 Å². The summed E-state index contributed by atoms with van der Waals surface area (Å²) in [6.45, 7) is 0. The quantitative estimate of drug-likeness (QED) is 0.485. The number of aliphatic hydroxyl groups excluding tert-OH is 3. The van der Waals surface area contributed by atoms with Gasteiger partial charge < -0.3 is 25.5 Å². The number of carbonyl (C=O) groups is 1. The maximum absolute atomic E-state index is 12.1. The number of carbonyl (C=O) groups excluding carboxylic acids is 1. The molecule has 5 N–H and O–H groups in total. The van der Waals surface area contributed by atoms with E-state index in [9.17, 15) is 30.3 Å². The van der Waals surface area contributed by atoms with Crippen molar-refractivity contribution in [2.75, 3.05) is 0 Å². The van der Waals surface area contributed by atoms with E-state index in [0.717, 1.165) is 5.56 Å². The molecule has 2 aromatic rings. The molecule has 0 saturated heterocycles. The highest BCUT2D eigenvalue weighted by Crippen LogP contribution is 2.37. The van der Waals surface area contributed by atoms with Crippen molar-refractivity contribution in [2.45, 2.75) is 37.6 Å². The molecule has 6 heteroatoms. The van der Waals surface area contributed by atoms with Crippen LogP contribution in [-0.2, 0) is 17.6 Å². The van der Waals surface area contributed by atoms with E-state index in [0.29, 0.717) is 23.1 Å². The van der Waals surface area contributed by atoms with E-state index in [1.165, 1.54) is 12.1 Å². The van der Waals surface area contributed by atoms with Crippen LogP contribution in [0.5, 0.6) is 11.5 Å². The van der Waals surface area contributed by atoms with Gasteiger partial charge in [-0.25, -0.2) is 0 Å². The van der Waals surface area contributed by atoms with Crippen LogP contribution in [0.2, 0.25) is 0 Å². The molecule has 2 aromatic carbocycles. The smallest absolute Gasteiger partial charge is 0.164 e. The fourth-order valence-corrected chi connectivity index (χ4v) is 3.06. The molecule has 1 aliphatic rings. The minimum atomic E-state index is -1.66. The number of benzene rings is 2. The predicted octanol–water partition coefficient (Wildman–Crippen LogP) is 0.905. The van der Waals surface area contributed by atoms with Crippen molar-refractivity contribution >= 4 is 5.78 Å². The maximum atomic E-state index is 12.1. The second kappa shape index (κ2) is 6.84. The Kier molecular flexibility index (Phi) is 4.76. The first-order valence-electron chi connectivity index (χ1n) is 8.08. The Morgan fingerprint density at radius 2 is 1.36 bits per heavy atom. The van der Waals surface area contributed by atoms with E-state index in [-0.39, 0.29) is 24.3 Å². The molecule has 0 saturated carbocycles. The number of hydrogen-bond donors (Lipinski definition) is 5. The van der Waals surface area contributed by atoms with Gasteiger partial charge in [0, 0.05) is 24.0 Å². The highest BCUT2D eigenvalue weighted by molar-refractivity contribution is 5.84. The van der Waals surface area contributed by atoms with Gasteiger partial charge in [0.2, 0.25) is 0 Å². The molecule has 0 heterocycles. The highest BCUT2D eigenvalue weighted by atomic mass is 16.4. The van der Waals surface area contributed by atoms with Crippen LogP contribution < -0.4 is 0 Å². The zero-order valence-corrected chi connectivity index (χ0v) is 13.5. The summed E-state index contributed by atoms with van der Waals surface area (Å²) in [4.78, 5) is 12.1. The topological polar surface area (TPSA) is 118 Å². The lowest BCUT2D eigenvalue weighted by Gasteiger charge is -2.22. The van der Waals surface area contributed by atoms with E-state index in [1.54, 1.807) is 24.3 Å². The molecular weight excluding hydrogens is 324 g/mol. The lowest BCUT2D eigenvalue weighted by molar-refractivity contribution is -0.138. The van der Waals surface area contributed by atoms with E-state index in [2.05, 4.69) is 0 Å². The fourth-order valence-electron chi connectivity index (χ4n) is 3.06. The van der Waals surface area contributed by atoms with Crippen molar-refractivity contribution in [3.8, 4) is 22.6 Å². The van der Waals surface area contributed by atoms with Crippen molar-refractivity contribution in [3.63, 3.8) is 0 Å². The average molecular weight is 344 g/mol. The normalized spacial score (nSPS) is 24.1. The maximum Gasteiger partial charge on any atom is 0.164 e. The summed E-state index contributed by atoms with van der Waals surface area (Å²) in [5, 5.41) is 50.5. The molecule has 25 heavy (non-hydrogen) atoms. The van der Waals surface area contributed by atoms with Gasteiger partial charge in [-0.05, 0) is 41.8 Å². The lowest BCUT2D eigenvalue weighted by Crippen LogP contribution is -2.43. The molecule has 3 atom stereocenters. The number of fused-ring (bicyclic) bond motifs is 5. The zero-order valence-electron chi connectivity index (χ0n) is 13.5. The molecular formula is C19H20O6. The number of aliphatic hydroxyl groups is 3. The van der Waals surface area contributed by atoms with Crippen molar-refractivity contribution in [3.05, 3.63) is 47.5 Å². The molecule has 1 aliphatic carbocycles. The van der Waals surface area contributed by atoms with Crippen LogP contribution in [0.4, 0.5) is 0 Å². The van der Waals surface area contributed by atoms with E-state index in [4.69, 9.17) is 0 Å².